The van der Waals surface area contributed by atoms with Crippen LogP contribution < -0.4 is 5.32 Å². The third-order valence-electron chi connectivity index (χ3n) is 3.77. The van der Waals surface area contributed by atoms with Gasteiger partial charge in [-0.3, -0.25) is 4.79 Å². The molecule has 1 N–H and O–H groups in total. The first-order valence-electron chi connectivity index (χ1n) is 8.47. The zero-order chi connectivity index (χ0) is 18.2. The van der Waals surface area contributed by atoms with E-state index in [0.29, 0.717) is 10.6 Å². The predicted octanol–water partition coefficient (Wildman–Crippen LogP) is 4.72. The normalized spacial score (nSPS) is 11.6. The number of aryl methyl sites for hydroxylation is 2. The number of aromatic nitrogens is 1. The molecular formula is C20H23N3OS. The van der Waals surface area contributed by atoms with E-state index in [-0.39, 0.29) is 11.2 Å². The molecule has 1 aromatic carbocycles. The average Bonchev–Trinajstić information content (AvgIpc) is 2.60. The van der Waals surface area contributed by atoms with Crippen molar-refractivity contribution in [1.82, 2.24) is 4.98 Å². The van der Waals surface area contributed by atoms with Crippen molar-refractivity contribution in [3.8, 4) is 6.07 Å². The second kappa shape index (κ2) is 9.24. The van der Waals surface area contributed by atoms with Gasteiger partial charge in [0, 0.05) is 11.4 Å². The summed E-state index contributed by atoms with van der Waals surface area (Å²) < 4.78 is 0. The molecule has 0 bridgehead atoms. The number of carbonyl (C=O) groups is 1. The SMILES string of the molecule is CCCCc1ccc(C#N)c(SC(C)C(=O)Nc2cccc(C)c2)n1. The van der Waals surface area contributed by atoms with E-state index < -0.39 is 0 Å². The van der Waals surface area contributed by atoms with Crippen LogP contribution in [0.2, 0.25) is 0 Å². The number of amides is 1. The molecule has 1 amide bonds. The van der Waals surface area contributed by atoms with Gasteiger partial charge in [0.1, 0.15) is 11.1 Å². The Hall–Kier alpha value is -2.32. The smallest absolute Gasteiger partial charge is 0.237 e. The highest BCUT2D eigenvalue weighted by Crippen LogP contribution is 2.26. The van der Waals surface area contributed by atoms with Crippen LogP contribution in [0, 0.1) is 18.3 Å². The number of nitrogens with one attached hydrogen (secondary N) is 1. The van der Waals surface area contributed by atoms with Gasteiger partial charge >= 0.3 is 0 Å². The lowest BCUT2D eigenvalue weighted by molar-refractivity contribution is -0.115. The van der Waals surface area contributed by atoms with Gasteiger partial charge in [0.2, 0.25) is 5.91 Å². The van der Waals surface area contributed by atoms with Crippen LogP contribution in [0.15, 0.2) is 41.4 Å². The lowest BCUT2D eigenvalue weighted by Crippen LogP contribution is -2.22. The summed E-state index contributed by atoms with van der Waals surface area (Å²) in [5.74, 6) is -0.0970. The van der Waals surface area contributed by atoms with Gasteiger partial charge < -0.3 is 5.32 Å². The van der Waals surface area contributed by atoms with Gasteiger partial charge in [-0.25, -0.2) is 4.98 Å². The second-order valence-electron chi connectivity index (χ2n) is 5.99. The Morgan fingerprint density at radius 3 is 2.84 bits per heavy atom. The van der Waals surface area contributed by atoms with E-state index in [2.05, 4.69) is 23.3 Å². The highest BCUT2D eigenvalue weighted by atomic mass is 32.2. The number of thioether (sulfide) groups is 1. The lowest BCUT2D eigenvalue weighted by Gasteiger charge is -2.13. The van der Waals surface area contributed by atoms with Gasteiger partial charge in [0.05, 0.1) is 10.8 Å². The molecule has 1 aromatic heterocycles. The van der Waals surface area contributed by atoms with E-state index >= 15 is 0 Å². The Kier molecular flexibility index (Phi) is 7.03. The average molecular weight is 353 g/mol. The first-order chi connectivity index (χ1) is 12.0. The Balaban J connectivity index is 2.09. The Morgan fingerprint density at radius 1 is 1.36 bits per heavy atom. The summed E-state index contributed by atoms with van der Waals surface area (Å²) in [5.41, 5.74) is 3.35. The van der Waals surface area contributed by atoms with Crippen molar-refractivity contribution >= 4 is 23.4 Å². The number of nitrogens with zero attached hydrogens (tertiary/aromatic N) is 2. The predicted molar refractivity (Wildman–Crippen MR) is 103 cm³/mol. The maximum Gasteiger partial charge on any atom is 0.237 e. The highest BCUT2D eigenvalue weighted by Gasteiger charge is 2.18. The Bertz CT molecular complexity index is 783. The van der Waals surface area contributed by atoms with Crippen molar-refractivity contribution in [2.45, 2.75) is 50.3 Å². The summed E-state index contributed by atoms with van der Waals surface area (Å²) >= 11 is 1.33. The fraction of sp³-hybridized carbons (Fsp3) is 0.350. The van der Waals surface area contributed by atoms with E-state index in [0.717, 1.165) is 36.2 Å². The number of nitriles is 1. The third-order valence-corrected chi connectivity index (χ3v) is 4.87. The van der Waals surface area contributed by atoms with Crippen LogP contribution >= 0.6 is 11.8 Å². The summed E-state index contributed by atoms with van der Waals surface area (Å²) in [4.78, 5) is 17.0. The van der Waals surface area contributed by atoms with Crippen molar-refractivity contribution in [2.75, 3.05) is 5.32 Å². The molecule has 0 aliphatic heterocycles. The summed E-state index contributed by atoms with van der Waals surface area (Å²) in [6.07, 6.45) is 3.05. The first kappa shape index (κ1) is 19.0. The molecular weight excluding hydrogens is 330 g/mol. The minimum absolute atomic E-state index is 0.0970. The molecule has 4 nitrogen and oxygen atoms in total. The number of unbranched alkanes of at least 4 members (excludes halogenated alkanes) is 1. The second-order valence-corrected chi connectivity index (χ2v) is 7.32. The van der Waals surface area contributed by atoms with Gasteiger partial charge in [0.25, 0.3) is 0 Å². The van der Waals surface area contributed by atoms with Crippen molar-refractivity contribution in [2.24, 2.45) is 0 Å². The minimum atomic E-state index is -0.346. The first-order valence-corrected chi connectivity index (χ1v) is 9.35. The number of carbonyl (C=O) groups excluding carboxylic acids is 1. The van der Waals surface area contributed by atoms with Gasteiger partial charge in [-0.2, -0.15) is 5.26 Å². The third kappa shape index (κ3) is 5.61. The van der Waals surface area contributed by atoms with E-state index in [9.17, 15) is 10.1 Å². The molecule has 2 rings (SSSR count). The highest BCUT2D eigenvalue weighted by molar-refractivity contribution is 8.00. The monoisotopic (exact) mass is 353 g/mol. The van der Waals surface area contributed by atoms with Crippen LogP contribution in [-0.4, -0.2) is 16.1 Å². The molecule has 130 valence electrons. The molecule has 1 heterocycles. The van der Waals surface area contributed by atoms with Crippen molar-refractivity contribution in [1.29, 1.82) is 5.26 Å². The van der Waals surface area contributed by atoms with Gasteiger partial charge in [0.15, 0.2) is 0 Å². The standard InChI is InChI=1S/C20H23N3OS/c1-4-5-8-17-11-10-16(13-21)20(23-17)25-15(3)19(24)22-18-9-6-7-14(2)12-18/h6-7,9-12,15H,4-5,8H2,1-3H3,(H,22,24). The van der Waals surface area contributed by atoms with Crippen LogP contribution in [0.3, 0.4) is 0 Å². The minimum Gasteiger partial charge on any atom is -0.325 e. The molecule has 0 aliphatic carbocycles. The molecule has 0 spiro atoms. The maximum absolute atomic E-state index is 12.4. The molecule has 0 saturated carbocycles. The van der Waals surface area contributed by atoms with E-state index in [4.69, 9.17) is 0 Å². The topological polar surface area (TPSA) is 65.8 Å². The molecule has 1 unspecified atom stereocenters. The zero-order valence-electron chi connectivity index (χ0n) is 14.9. The lowest BCUT2D eigenvalue weighted by atomic mass is 10.2. The Labute approximate surface area is 153 Å². The molecule has 2 aromatic rings. The molecule has 0 fully saturated rings. The van der Waals surface area contributed by atoms with Gasteiger partial charge in [-0.15, -0.1) is 0 Å². The fourth-order valence-electron chi connectivity index (χ4n) is 2.34. The summed E-state index contributed by atoms with van der Waals surface area (Å²) in [5, 5.41) is 12.5. The van der Waals surface area contributed by atoms with Crippen molar-refractivity contribution in [3.05, 3.63) is 53.2 Å². The van der Waals surface area contributed by atoms with E-state index in [1.807, 2.05) is 44.2 Å². The largest absolute Gasteiger partial charge is 0.325 e. The maximum atomic E-state index is 12.4. The number of pyridine rings is 1. The summed E-state index contributed by atoms with van der Waals surface area (Å²) in [7, 11) is 0. The zero-order valence-corrected chi connectivity index (χ0v) is 15.7. The van der Waals surface area contributed by atoms with Crippen LogP contribution in [0.25, 0.3) is 0 Å². The van der Waals surface area contributed by atoms with Crippen LogP contribution in [0.1, 0.15) is 43.5 Å². The van der Waals surface area contributed by atoms with E-state index in [1.54, 1.807) is 6.07 Å². The number of rotatable bonds is 7. The van der Waals surface area contributed by atoms with Crippen molar-refractivity contribution < 1.29 is 4.79 Å². The summed E-state index contributed by atoms with van der Waals surface area (Å²) in [6.45, 7) is 5.95. The molecule has 0 saturated heterocycles. The number of anilines is 1. The number of benzene rings is 1. The van der Waals surface area contributed by atoms with Crippen LogP contribution in [-0.2, 0) is 11.2 Å². The molecule has 1 atom stereocenters. The van der Waals surface area contributed by atoms with Gasteiger partial charge in [-0.1, -0.05) is 37.2 Å². The number of hydrogen-bond acceptors (Lipinski definition) is 4. The number of hydrogen-bond donors (Lipinski definition) is 1. The van der Waals surface area contributed by atoms with E-state index in [1.165, 1.54) is 11.8 Å². The summed E-state index contributed by atoms with van der Waals surface area (Å²) in [6, 6.07) is 13.6. The van der Waals surface area contributed by atoms with Crippen LogP contribution in [0.4, 0.5) is 5.69 Å². The Morgan fingerprint density at radius 2 is 2.16 bits per heavy atom. The fourth-order valence-corrected chi connectivity index (χ4v) is 3.25. The van der Waals surface area contributed by atoms with Crippen molar-refractivity contribution in [3.63, 3.8) is 0 Å². The van der Waals surface area contributed by atoms with Gasteiger partial charge in [-0.05, 0) is 56.5 Å². The molecule has 0 aliphatic rings. The molecule has 25 heavy (non-hydrogen) atoms. The van der Waals surface area contributed by atoms with Crippen LogP contribution in [0.5, 0.6) is 0 Å². The quantitative estimate of drug-likeness (QED) is 0.731. The molecule has 5 heteroatoms. The molecule has 0 radical (unpaired) electrons.